The van der Waals surface area contributed by atoms with Crippen LogP contribution in [0.4, 0.5) is 5.69 Å². The number of hydrogen-bond acceptors (Lipinski definition) is 3. The Bertz CT molecular complexity index is 628. The normalized spacial score (nSPS) is 11.4. The van der Waals surface area contributed by atoms with Crippen LogP contribution in [0.15, 0.2) is 41.4 Å². The summed E-state index contributed by atoms with van der Waals surface area (Å²) in [7, 11) is 0. The zero-order valence-corrected chi connectivity index (χ0v) is 12.0. The topological polar surface area (TPSA) is 52.8 Å². The van der Waals surface area contributed by atoms with Crippen LogP contribution < -0.4 is 0 Å². The standard InChI is InChI=1S/C17H19NO2/c1-11(2)15-9-17(20)12(3)8-16(15)18-10-13-4-6-14(19)7-5-13/h4-11,19-20H,1-3H3. The number of phenols is 2. The average molecular weight is 269 g/mol. The zero-order chi connectivity index (χ0) is 14.7. The van der Waals surface area contributed by atoms with E-state index < -0.39 is 0 Å². The molecule has 2 rings (SSSR count). The van der Waals surface area contributed by atoms with Crippen LogP contribution in [-0.4, -0.2) is 16.4 Å². The Labute approximate surface area is 119 Å². The molecule has 2 N–H and O–H groups in total. The molecule has 104 valence electrons. The molecule has 0 atom stereocenters. The van der Waals surface area contributed by atoms with Crippen molar-refractivity contribution in [1.29, 1.82) is 0 Å². The SMILES string of the molecule is Cc1cc(N=Cc2ccc(O)cc2)c(C(C)C)cc1O. The van der Waals surface area contributed by atoms with Crippen molar-refractivity contribution in [3.63, 3.8) is 0 Å². The quantitative estimate of drug-likeness (QED) is 0.817. The van der Waals surface area contributed by atoms with Gasteiger partial charge in [-0.3, -0.25) is 4.99 Å². The molecule has 2 aromatic carbocycles. The first kappa shape index (κ1) is 14.1. The van der Waals surface area contributed by atoms with Crippen molar-refractivity contribution < 1.29 is 10.2 Å². The molecule has 0 saturated heterocycles. The van der Waals surface area contributed by atoms with E-state index in [2.05, 4.69) is 18.8 Å². The maximum absolute atomic E-state index is 9.81. The van der Waals surface area contributed by atoms with Crippen LogP contribution >= 0.6 is 0 Å². The smallest absolute Gasteiger partial charge is 0.118 e. The van der Waals surface area contributed by atoms with Gasteiger partial charge in [-0.2, -0.15) is 0 Å². The third-order valence-corrected chi connectivity index (χ3v) is 3.21. The summed E-state index contributed by atoms with van der Waals surface area (Å²) in [6.07, 6.45) is 1.76. The lowest BCUT2D eigenvalue weighted by Gasteiger charge is -2.11. The first-order valence-corrected chi connectivity index (χ1v) is 6.64. The second-order valence-corrected chi connectivity index (χ2v) is 5.20. The summed E-state index contributed by atoms with van der Waals surface area (Å²) in [5, 5.41) is 19.1. The highest BCUT2D eigenvalue weighted by molar-refractivity contribution is 5.82. The lowest BCUT2D eigenvalue weighted by molar-refractivity contribution is 0.470. The van der Waals surface area contributed by atoms with Gasteiger partial charge in [-0.05, 0) is 65.9 Å². The molecule has 0 aliphatic carbocycles. The Morgan fingerprint density at radius 3 is 2.30 bits per heavy atom. The summed E-state index contributed by atoms with van der Waals surface area (Å²) in [5.74, 6) is 0.830. The van der Waals surface area contributed by atoms with E-state index in [0.29, 0.717) is 5.75 Å². The van der Waals surface area contributed by atoms with E-state index in [-0.39, 0.29) is 11.7 Å². The number of benzene rings is 2. The minimum Gasteiger partial charge on any atom is -0.508 e. The third-order valence-electron chi connectivity index (χ3n) is 3.21. The van der Waals surface area contributed by atoms with Gasteiger partial charge in [-0.15, -0.1) is 0 Å². The molecule has 0 unspecified atom stereocenters. The Hall–Kier alpha value is -2.29. The monoisotopic (exact) mass is 269 g/mol. The minimum absolute atomic E-state index is 0.241. The first-order valence-electron chi connectivity index (χ1n) is 6.64. The van der Waals surface area contributed by atoms with Crippen LogP contribution in [0.2, 0.25) is 0 Å². The van der Waals surface area contributed by atoms with E-state index in [1.54, 1.807) is 36.5 Å². The molecule has 2 aromatic rings. The van der Waals surface area contributed by atoms with Gasteiger partial charge in [0.05, 0.1) is 5.69 Å². The Morgan fingerprint density at radius 2 is 1.70 bits per heavy atom. The lowest BCUT2D eigenvalue weighted by atomic mass is 9.99. The van der Waals surface area contributed by atoms with Crippen LogP contribution in [0.3, 0.4) is 0 Å². The molecular formula is C17H19NO2. The molecule has 0 spiro atoms. The molecule has 0 radical (unpaired) electrons. The van der Waals surface area contributed by atoms with E-state index in [4.69, 9.17) is 0 Å². The van der Waals surface area contributed by atoms with Crippen LogP contribution in [0.25, 0.3) is 0 Å². The lowest BCUT2D eigenvalue weighted by Crippen LogP contribution is -1.90. The number of hydrogen-bond donors (Lipinski definition) is 2. The van der Waals surface area contributed by atoms with Crippen LogP contribution in [0.5, 0.6) is 11.5 Å². The maximum atomic E-state index is 9.81. The summed E-state index contributed by atoms with van der Waals surface area (Å²) < 4.78 is 0. The van der Waals surface area contributed by atoms with Crippen molar-refractivity contribution >= 4 is 11.9 Å². The van der Waals surface area contributed by atoms with E-state index in [1.807, 2.05) is 13.0 Å². The Balaban J connectivity index is 2.37. The third kappa shape index (κ3) is 3.18. The van der Waals surface area contributed by atoms with Gasteiger partial charge < -0.3 is 10.2 Å². The van der Waals surface area contributed by atoms with Gasteiger partial charge in [-0.1, -0.05) is 13.8 Å². The first-order chi connectivity index (χ1) is 9.47. The maximum Gasteiger partial charge on any atom is 0.118 e. The predicted octanol–water partition coefficient (Wildman–Crippen LogP) is 4.28. The molecule has 0 amide bonds. The molecule has 0 aliphatic rings. The average Bonchev–Trinajstić information content (AvgIpc) is 2.41. The fourth-order valence-electron chi connectivity index (χ4n) is 1.98. The number of rotatable bonds is 3. The van der Waals surface area contributed by atoms with Gasteiger partial charge in [0.25, 0.3) is 0 Å². The van der Waals surface area contributed by atoms with Crippen molar-refractivity contribution in [3.8, 4) is 11.5 Å². The highest BCUT2D eigenvalue weighted by Gasteiger charge is 2.09. The molecule has 0 aromatic heterocycles. The van der Waals surface area contributed by atoms with Gasteiger partial charge in [-0.25, -0.2) is 0 Å². The molecule has 3 heteroatoms. The number of phenolic OH excluding ortho intramolecular Hbond substituents is 2. The second-order valence-electron chi connectivity index (χ2n) is 5.20. The second kappa shape index (κ2) is 5.78. The van der Waals surface area contributed by atoms with Gasteiger partial charge in [0.2, 0.25) is 0 Å². The molecular weight excluding hydrogens is 250 g/mol. The fourth-order valence-corrected chi connectivity index (χ4v) is 1.98. The highest BCUT2D eigenvalue weighted by atomic mass is 16.3. The Morgan fingerprint density at radius 1 is 1.05 bits per heavy atom. The van der Waals surface area contributed by atoms with Crippen LogP contribution in [0.1, 0.15) is 36.5 Å². The molecule has 0 heterocycles. The van der Waals surface area contributed by atoms with E-state index in [1.165, 1.54) is 0 Å². The van der Waals surface area contributed by atoms with Crippen LogP contribution in [0, 0.1) is 6.92 Å². The predicted molar refractivity (Wildman–Crippen MR) is 82.3 cm³/mol. The van der Waals surface area contributed by atoms with Gasteiger partial charge in [0, 0.05) is 6.21 Å². The molecule has 3 nitrogen and oxygen atoms in total. The highest BCUT2D eigenvalue weighted by Crippen LogP contribution is 2.32. The van der Waals surface area contributed by atoms with E-state index in [0.717, 1.165) is 22.4 Å². The van der Waals surface area contributed by atoms with Crippen molar-refractivity contribution in [1.82, 2.24) is 0 Å². The molecule has 20 heavy (non-hydrogen) atoms. The fraction of sp³-hybridized carbons (Fsp3) is 0.235. The molecule has 0 aliphatic heterocycles. The summed E-state index contributed by atoms with van der Waals surface area (Å²) in [6, 6.07) is 10.5. The van der Waals surface area contributed by atoms with E-state index in [9.17, 15) is 10.2 Å². The summed E-state index contributed by atoms with van der Waals surface area (Å²) in [6.45, 7) is 6.01. The number of aromatic hydroxyl groups is 2. The molecule has 0 fully saturated rings. The number of nitrogens with zero attached hydrogens (tertiary/aromatic N) is 1. The number of aryl methyl sites for hydroxylation is 1. The van der Waals surface area contributed by atoms with Gasteiger partial charge >= 0.3 is 0 Å². The molecule has 0 saturated carbocycles. The summed E-state index contributed by atoms with van der Waals surface area (Å²) >= 11 is 0. The summed E-state index contributed by atoms with van der Waals surface area (Å²) in [5.41, 5.74) is 3.61. The molecule has 0 bridgehead atoms. The number of aliphatic imine (C=N–C) groups is 1. The van der Waals surface area contributed by atoms with Crippen molar-refractivity contribution in [2.75, 3.05) is 0 Å². The minimum atomic E-state index is 0.241. The Kier molecular flexibility index (Phi) is 4.08. The zero-order valence-electron chi connectivity index (χ0n) is 12.0. The van der Waals surface area contributed by atoms with Crippen LogP contribution in [-0.2, 0) is 0 Å². The van der Waals surface area contributed by atoms with Gasteiger partial charge in [0.15, 0.2) is 0 Å². The van der Waals surface area contributed by atoms with Gasteiger partial charge in [0.1, 0.15) is 11.5 Å². The van der Waals surface area contributed by atoms with Crippen molar-refractivity contribution in [2.24, 2.45) is 4.99 Å². The summed E-state index contributed by atoms with van der Waals surface area (Å²) in [4.78, 5) is 4.51. The van der Waals surface area contributed by atoms with E-state index >= 15 is 0 Å². The largest absolute Gasteiger partial charge is 0.508 e. The van der Waals surface area contributed by atoms with Crippen molar-refractivity contribution in [2.45, 2.75) is 26.7 Å². The van der Waals surface area contributed by atoms with Crippen molar-refractivity contribution in [3.05, 3.63) is 53.1 Å².